The molecule has 2 nitrogen and oxygen atoms in total. The number of hydrogen-bond donors (Lipinski definition) is 0. The minimum atomic E-state index is 0.966. The maximum absolute atomic E-state index is 4.36. The lowest BCUT2D eigenvalue weighted by atomic mass is 10.3. The molecule has 0 N–H and O–H groups in total. The van der Waals surface area contributed by atoms with Gasteiger partial charge in [-0.15, -0.1) is 0 Å². The van der Waals surface area contributed by atoms with Crippen LogP contribution in [-0.4, -0.2) is 9.97 Å². The zero-order chi connectivity index (χ0) is 8.55. The van der Waals surface area contributed by atoms with Crippen LogP contribution in [0.3, 0.4) is 0 Å². The van der Waals surface area contributed by atoms with Gasteiger partial charge in [-0.2, -0.15) is 0 Å². The van der Waals surface area contributed by atoms with Crippen molar-refractivity contribution in [2.24, 2.45) is 0 Å². The van der Waals surface area contributed by atoms with Crippen LogP contribution in [0, 0.1) is 7.27 Å². The van der Waals surface area contributed by atoms with Crippen molar-refractivity contribution in [3.05, 3.63) is 31.7 Å². The molecule has 2 aromatic heterocycles. The molecule has 0 saturated heterocycles. The van der Waals surface area contributed by atoms with Crippen molar-refractivity contribution in [3.63, 3.8) is 0 Å². The number of hydrogen-bond acceptors (Lipinski definition) is 2. The van der Waals surface area contributed by atoms with Crippen LogP contribution in [0.15, 0.2) is 24.4 Å². The first-order chi connectivity index (χ1) is 5.77. The summed E-state index contributed by atoms with van der Waals surface area (Å²) < 4.78 is 2.17. The molecule has 12 heavy (non-hydrogen) atoms. The third-order valence-electron chi connectivity index (χ3n) is 1.49. The lowest BCUT2D eigenvalue weighted by molar-refractivity contribution is 1.29. The van der Waals surface area contributed by atoms with Crippen molar-refractivity contribution in [2.75, 3.05) is 0 Å². The highest BCUT2D eigenvalue weighted by atomic mass is 127. The van der Waals surface area contributed by atoms with Crippen LogP contribution < -0.4 is 0 Å². The summed E-state index contributed by atoms with van der Waals surface area (Å²) in [7, 11) is 0. The smallest absolute Gasteiger partial charge is 0.103 e. The average molecular weight is 382 g/mol. The predicted molar refractivity (Wildman–Crippen MR) is 65.0 cm³/mol. The molecule has 0 atom stereocenters. The summed E-state index contributed by atoms with van der Waals surface area (Å²) in [6, 6.07) is 5.91. The van der Waals surface area contributed by atoms with Gasteiger partial charge in [0.25, 0.3) is 0 Å². The summed E-state index contributed by atoms with van der Waals surface area (Å²) in [5.74, 6) is 0. The van der Waals surface area contributed by atoms with E-state index in [0.717, 1.165) is 18.3 Å². The second-order valence-corrected chi connectivity index (χ2v) is 4.57. The molecule has 2 rings (SSSR count). The standard InChI is InChI=1S/C8H4I2N2/c9-5-4-7(10)12-6-2-1-3-11-8(5)6/h1-4H. The van der Waals surface area contributed by atoms with Crippen molar-refractivity contribution < 1.29 is 0 Å². The zero-order valence-electron chi connectivity index (χ0n) is 5.96. The van der Waals surface area contributed by atoms with Crippen LogP contribution in [-0.2, 0) is 0 Å². The van der Waals surface area contributed by atoms with Gasteiger partial charge in [-0.25, -0.2) is 4.98 Å². The van der Waals surface area contributed by atoms with Gasteiger partial charge < -0.3 is 0 Å². The number of halogens is 2. The lowest BCUT2D eigenvalue weighted by Crippen LogP contribution is -1.88. The Balaban J connectivity index is 2.89. The molecular formula is C8H4I2N2. The fraction of sp³-hybridized carbons (Fsp3) is 0. The summed E-state index contributed by atoms with van der Waals surface area (Å²) in [5, 5.41) is 0. The van der Waals surface area contributed by atoms with Gasteiger partial charge in [0.2, 0.25) is 0 Å². The van der Waals surface area contributed by atoms with Crippen molar-refractivity contribution in [1.29, 1.82) is 0 Å². The van der Waals surface area contributed by atoms with Gasteiger partial charge in [0, 0.05) is 9.77 Å². The van der Waals surface area contributed by atoms with Gasteiger partial charge in [0.1, 0.15) is 9.22 Å². The molecule has 0 aliphatic rings. The molecule has 0 unspecified atom stereocenters. The Morgan fingerprint density at radius 2 is 2.08 bits per heavy atom. The molecule has 0 spiro atoms. The Bertz CT molecular complexity index is 428. The Morgan fingerprint density at radius 3 is 2.92 bits per heavy atom. The summed E-state index contributed by atoms with van der Waals surface area (Å²) in [4.78, 5) is 8.60. The summed E-state index contributed by atoms with van der Waals surface area (Å²) in [5.41, 5.74) is 1.95. The third-order valence-corrected chi connectivity index (χ3v) is 2.86. The van der Waals surface area contributed by atoms with E-state index in [2.05, 4.69) is 55.1 Å². The van der Waals surface area contributed by atoms with Crippen LogP contribution in [0.4, 0.5) is 0 Å². The highest BCUT2D eigenvalue weighted by Crippen LogP contribution is 2.18. The lowest BCUT2D eigenvalue weighted by Gasteiger charge is -1.98. The fourth-order valence-electron chi connectivity index (χ4n) is 0.991. The van der Waals surface area contributed by atoms with Gasteiger partial charge in [-0.3, -0.25) is 4.98 Å². The van der Waals surface area contributed by atoms with Crippen molar-refractivity contribution in [2.45, 2.75) is 0 Å². The van der Waals surface area contributed by atoms with Gasteiger partial charge in [0.15, 0.2) is 0 Å². The van der Waals surface area contributed by atoms with Crippen LogP contribution >= 0.6 is 45.2 Å². The quantitative estimate of drug-likeness (QED) is 0.518. The monoisotopic (exact) mass is 382 g/mol. The van der Waals surface area contributed by atoms with E-state index in [9.17, 15) is 0 Å². The zero-order valence-corrected chi connectivity index (χ0v) is 10.3. The first kappa shape index (κ1) is 8.61. The number of aromatic nitrogens is 2. The van der Waals surface area contributed by atoms with E-state index in [1.807, 2.05) is 18.2 Å². The molecule has 2 heterocycles. The van der Waals surface area contributed by atoms with E-state index in [-0.39, 0.29) is 0 Å². The summed E-state index contributed by atoms with van der Waals surface area (Å²) in [6.45, 7) is 0. The molecule has 0 bridgehead atoms. The second-order valence-electron chi connectivity index (χ2n) is 2.30. The molecule has 0 saturated carbocycles. The molecule has 0 aliphatic heterocycles. The third kappa shape index (κ3) is 1.54. The second kappa shape index (κ2) is 3.41. The number of pyridine rings is 2. The van der Waals surface area contributed by atoms with E-state index < -0.39 is 0 Å². The first-order valence-corrected chi connectivity index (χ1v) is 5.50. The van der Waals surface area contributed by atoms with Gasteiger partial charge in [-0.05, 0) is 63.4 Å². The minimum absolute atomic E-state index is 0.966. The molecular weight excluding hydrogens is 378 g/mol. The maximum atomic E-state index is 4.36. The normalized spacial score (nSPS) is 10.5. The highest BCUT2D eigenvalue weighted by Gasteiger charge is 2.01. The summed E-state index contributed by atoms with van der Waals surface area (Å²) in [6.07, 6.45) is 1.79. The maximum Gasteiger partial charge on any atom is 0.103 e. The molecule has 0 radical (unpaired) electrons. The van der Waals surface area contributed by atoms with E-state index in [1.54, 1.807) is 6.20 Å². The van der Waals surface area contributed by atoms with E-state index in [0.29, 0.717) is 0 Å². The van der Waals surface area contributed by atoms with Crippen LogP contribution in [0.1, 0.15) is 0 Å². The molecule has 0 aromatic carbocycles. The Hall–Kier alpha value is 0.0200. The Labute approximate surface area is 97.1 Å². The molecule has 4 heteroatoms. The minimum Gasteiger partial charge on any atom is -0.253 e. The fourth-order valence-corrected chi connectivity index (χ4v) is 2.87. The van der Waals surface area contributed by atoms with Crippen LogP contribution in [0.25, 0.3) is 11.0 Å². The first-order valence-electron chi connectivity index (χ1n) is 3.34. The number of fused-ring (bicyclic) bond motifs is 1. The highest BCUT2D eigenvalue weighted by molar-refractivity contribution is 14.1. The average Bonchev–Trinajstić information content (AvgIpc) is 2.04. The van der Waals surface area contributed by atoms with E-state index >= 15 is 0 Å². The molecule has 0 aliphatic carbocycles. The van der Waals surface area contributed by atoms with Crippen LogP contribution in [0.5, 0.6) is 0 Å². The van der Waals surface area contributed by atoms with E-state index in [4.69, 9.17) is 0 Å². The van der Waals surface area contributed by atoms with Gasteiger partial charge in [0.05, 0.1) is 5.52 Å². The summed E-state index contributed by atoms with van der Waals surface area (Å²) >= 11 is 4.49. The van der Waals surface area contributed by atoms with Gasteiger partial charge in [-0.1, -0.05) is 0 Å². The largest absolute Gasteiger partial charge is 0.253 e. The predicted octanol–water partition coefficient (Wildman–Crippen LogP) is 2.84. The number of rotatable bonds is 0. The van der Waals surface area contributed by atoms with Crippen molar-refractivity contribution >= 4 is 56.2 Å². The van der Waals surface area contributed by atoms with Crippen LogP contribution in [0.2, 0.25) is 0 Å². The molecule has 2 aromatic rings. The Morgan fingerprint density at radius 1 is 1.25 bits per heavy atom. The molecule has 0 fully saturated rings. The Kier molecular flexibility index (Phi) is 2.44. The van der Waals surface area contributed by atoms with E-state index in [1.165, 1.54) is 0 Å². The van der Waals surface area contributed by atoms with Gasteiger partial charge >= 0.3 is 0 Å². The van der Waals surface area contributed by atoms with Crippen molar-refractivity contribution in [1.82, 2.24) is 9.97 Å². The molecule has 0 amide bonds. The SMILES string of the molecule is Ic1cc(I)c2ncccc2n1. The van der Waals surface area contributed by atoms with Crippen molar-refractivity contribution in [3.8, 4) is 0 Å². The molecule has 60 valence electrons. The number of nitrogens with zero attached hydrogens (tertiary/aromatic N) is 2. The topological polar surface area (TPSA) is 25.8 Å².